The molecule has 1 aromatic heterocycles. The summed E-state index contributed by atoms with van der Waals surface area (Å²) in [6.07, 6.45) is 8.61. The Balaban J connectivity index is 0.998. The van der Waals surface area contributed by atoms with Gasteiger partial charge in [-0.25, -0.2) is 15.0 Å². The molecule has 3 aromatic carbocycles. The van der Waals surface area contributed by atoms with E-state index in [4.69, 9.17) is 9.57 Å². The number of ether oxygens (including phenoxy) is 1. The fourth-order valence-corrected chi connectivity index (χ4v) is 7.85. The van der Waals surface area contributed by atoms with Crippen molar-refractivity contribution in [2.75, 3.05) is 73.6 Å². The molecule has 1 amide bonds. The van der Waals surface area contributed by atoms with Crippen LogP contribution in [0.5, 0.6) is 5.75 Å². The van der Waals surface area contributed by atoms with Gasteiger partial charge in [-0.05, 0) is 60.2 Å². The number of piperidine rings is 1. The van der Waals surface area contributed by atoms with Gasteiger partial charge in [-0.3, -0.25) is 19.4 Å². The van der Waals surface area contributed by atoms with Crippen LogP contribution in [0.15, 0.2) is 79.6 Å². The molecule has 11 heteroatoms. The van der Waals surface area contributed by atoms with Crippen LogP contribution in [0.1, 0.15) is 43.7 Å². The molecule has 8 rings (SSSR count). The smallest absolute Gasteiger partial charge is 0.247 e. The van der Waals surface area contributed by atoms with Crippen LogP contribution in [0.4, 0.5) is 28.7 Å². The average Bonchev–Trinajstić information content (AvgIpc) is 3.90. The highest BCUT2D eigenvalue weighted by Crippen LogP contribution is 2.41. The molecule has 0 bridgehead atoms. The van der Waals surface area contributed by atoms with Crippen molar-refractivity contribution in [1.29, 1.82) is 0 Å². The van der Waals surface area contributed by atoms with Crippen molar-refractivity contribution in [3.05, 3.63) is 85.2 Å². The van der Waals surface area contributed by atoms with E-state index >= 15 is 0 Å². The van der Waals surface area contributed by atoms with Crippen LogP contribution in [-0.4, -0.2) is 90.7 Å². The van der Waals surface area contributed by atoms with Crippen molar-refractivity contribution >= 4 is 45.4 Å². The summed E-state index contributed by atoms with van der Waals surface area (Å²) in [5.41, 5.74) is 3.49. The zero-order valence-electron chi connectivity index (χ0n) is 28.8. The van der Waals surface area contributed by atoms with Gasteiger partial charge in [0.1, 0.15) is 17.9 Å². The predicted octanol–water partition coefficient (Wildman–Crippen LogP) is 6.14. The van der Waals surface area contributed by atoms with Gasteiger partial charge in [0.25, 0.3) is 0 Å². The highest BCUT2D eigenvalue weighted by molar-refractivity contribution is 6.02. The fraction of sp³-hybridized carbons (Fsp3) is 0.410. The van der Waals surface area contributed by atoms with E-state index in [-0.39, 0.29) is 11.9 Å². The van der Waals surface area contributed by atoms with Crippen molar-refractivity contribution < 1.29 is 14.4 Å². The van der Waals surface area contributed by atoms with Gasteiger partial charge in [0.2, 0.25) is 5.91 Å². The van der Waals surface area contributed by atoms with Gasteiger partial charge in [-0.2, -0.15) is 0 Å². The number of hydrogen-bond donors (Lipinski definition) is 2. The Hall–Kier alpha value is -4.71. The minimum absolute atomic E-state index is 0.0216. The average molecular weight is 675 g/mol. The molecule has 3 saturated heterocycles. The first kappa shape index (κ1) is 32.5. The number of nitrogens with one attached hydrogen (secondary N) is 2. The minimum Gasteiger partial charge on any atom is -0.494 e. The Morgan fingerprint density at radius 1 is 0.860 bits per heavy atom. The van der Waals surface area contributed by atoms with E-state index in [2.05, 4.69) is 84.3 Å². The number of carbonyl (C=O) groups is 1. The van der Waals surface area contributed by atoms with E-state index in [1.165, 1.54) is 54.7 Å². The Morgan fingerprint density at radius 3 is 2.32 bits per heavy atom. The van der Waals surface area contributed by atoms with Crippen molar-refractivity contribution in [3.63, 3.8) is 0 Å². The number of hydroxylamine groups is 1. The van der Waals surface area contributed by atoms with Crippen molar-refractivity contribution in [1.82, 2.24) is 19.8 Å². The summed E-state index contributed by atoms with van der Waals surface area (Å²) in [5, 5.41) is 10.8. The first-order valence-electron chi connectivity index (χ1n) is 17.9. The van der Waals surface area contributed by atoms with Gasteiger partial charge in [0, 0.05) is 69.9 Å². The Morgan fingerprint density at radius 2 is 1.60 bits per heavy atom. The topological polar surface area (TPSA) is 98.3 Å². The van der Waals surface area contributed by atoms with E-state index < -0.39 is 0 Å². The first-order valence-corrected chi connectivity index (χ1v) is 17.9. The third kappa shape index (κ3) is 6.85. The molecule has 0 unspecified atom stereocenters. The Kier molecular flexibility index (Phi) is 9.27. The molecule has 1 saturated carbocycles. The molecule has 0 radical (unpaired) electrons. The normalized spacial score (nSPS) is 20.6. The summed E-state index contributed by atoms with van der Waals surface area (Å²) in [6.45, 7) is 10.8. The SMILES string of the molecule is C=CC(=O)Nc1cc(Nc2cc(N3OCC[C@@H]3c3ccc4ccccc4c3)ncn2)c(OC)cc1N1CCC(N2CCN(C3CC3)CC2)CC1. The molecule has 4 aromatic rings. The van der Waals surface area contributed by atoms with Crippen LogP contribution in [0, 0.1) is 0 Å². The molecular weight excluding hydrogens is 628 g/mol. The summed E-state index contributed by atoms with van der Waals surface area (Å²) < 4.78 is 5.91. The largest absolute Gasteiger partial charge is 0.494 e. The van der Waals surface area contributed by atoms with E-state index in [0.29, 0.717) is 41.4 Å². The highest BCUT2D eigenvalue weighted by atomic mass is 16.7. The van der Waals surface area contributed by atoms with Gasteiger partial charge < -0.3 is 20.3 Å². The maximum absolute atomic E-state index is 12.6. The minimum atomic E-state index is -0.263. The molecular formula is C39H46N8O3. The molecule has 260 valence electrons. The number of benzene rings is 3. The van der Waals surface area contributed by atoms with E-state index in [0.717, 1.165) is 57.2 Å². The molecule has 3 aliphatic heterocycles. The van der Waals surface area contributed by atoms with Crippen LogP contribution in [0.3, 0.4) is 0 Å². The van der Waals surface area contributed by atoms with Gasteiger partial charge in [-0.1, -0.05) is 43.0 Å². The van der Waals surface area contributed by atoms with Crippen LogP contribution >= 0.6 is 0 Å². The lowest BCUT2D eigenvalue weighted by Crippen LogP contribution is -2.53. The van der Waals surface area contributed by atoms with E-state index in [9.17, 15) is 4.79 Å². The first-order chi connectivity index (χ1) is 24.6. The third-order valence-electron chi connectivity index (χ3n) is 10.7. The molecule has 4 heterocycles. The zero-order chi connectivity index (χ0) is 34.0. The summed E-state index contributed by atoms with van der Waals surface area (Å²) in [4.78, 5) is 35.6. The lowest BCUT2D eigenvalue weighted by Gasteiger charge is -2.43. The number of piperazine rings is 1. The number of carbonyl (C=O) groups excluding carboxylic acids is 1. The molecule has 4 aliphatic rings. The van der Waals surface area contributed by atoms with E-state index in [1.807, 2.05) is 23.3 Å². The highest BCUT2D eigenvalue weighted by Gasteiger charge is 2.34. The Labute approximate surface area is 293 Å². The van der Waals surface area contributed by atoms with Crippen LogP contribution in [-0.2, 0) is 9.63 Å². The second-order valence-corrected chi connectivity index (χ2v) is 13.7. The number of rotatable bonds is 10. The van der Waals surface area contributed by atoms with Crippen molar-refractivity contribution in [3.8, 4) is 5.75 Å². The second-order valence-electron chi connectivity index (χ2n) is 13.7. The Bertz CT molecular complexity index is 1850. The predicted molar refractivity (Wildman–Crippen MR) is 198 cm³/mol. The quantitative estimate of drug-likeness (QED) is 0.191. The maximum Gasteiger partial charge on any atom is 0.247 e. The number of fused-ring (bicyclic) bond motifs is 1. The second kappa shape index (κ2) is 14.3. The number of amides is 1. The number of hydrogen-bond acceptors (Lipinski definition) is 10. The standard InChI is InChI=1S/C39H46N8O3/c1-3-39(48)43-32-23-33(36(49-2)24-35(32)46-15-12-31(13-16-46)45-19-17-44(18-20-45)30-10-11-30)42-37-25-38(41-26-40-37)47-34(14-21-50-47)29-9-8-27-6-4-5-7-28(27)22-29/h3-9,22-26,30-31,34H,1,10-21H2,2H3,(H,43,48)(H,40,41,42)/t34-/m1/s1. The van der Waals surface area contributed by atoms with Crippen molar-refractivity contribution in [2.45, 2.75) is 50.2 Å². The summed E-state index contributed by atoms with van der Waals surface area (Å²) in [6, 6.07) is 22.2. The lowest BCUT2D eigenvalue weighted by molar-refractivity contribution is -0.111. The maximum atomic E-state index is 12.6. The summed E-state index contributed by atoms with van der Waals surface area (Å²) in [7, 11) is 1.66. The summed E-state index contributed by atoms with van der Waals surface area (Å²) >= 11 is 0. The fourth-order valence-electron chi connectivity index (χ4n) is 7.85. The van der Waals surface area contributed by atoms with Crippen LogP contribution in [0.25, 0.3) is 10.8 Å². The van der Waals surface area contributed by atoms with Crippen molar-refractivity contribution in [2.24, 2.45) is 0 Å². The van der Waals surface area contributed by atoms with Crippen LogP contribution in [0.2, 0.25) is 0 Å². The van der Waals surface area contributed by atoms with Gasteiger partial charge in [0.15, 0.2) is 5.82 Å². The van der Waals surface area contributed by atoms with Crippen LogP contribution < -0.4 is 25.3 Å². The molecule has 4 fully saturated rings. The monoisotopic (exact) mass is 674 g/mol. The number of methoxy groups -OCH3 is 1. The summed E-state index contributed by atoms with van der Waals surface area (Å²) in [5.74, 6) is 1.63. The molecule has 11 nitrogen and oxygen atoms in total. The molecule has 0 spiro atoms. The number of nitrogens with zero attached hydrogens (tertiary/aromatic N) is 6. The van der Waals surface area contributed by atoms with Gasteiger partial charge in [0.05, 0.1) is 36.8 Å². The molecule has 50 heavy (non-hydrogen) atoms. The van der Waals surface area contributed by atoms with Gasteiger partial charge in [-0.15, -0.1) is 0 Å². The zero-order valence-corrected chi connectivity index (χ0v) is 28.8. The molecule has 2 N–H and O–H groups in total. The lowest BCUT2D eigenvalue weighted by atomic mass is 10.0. The number of anilines is 5. The third-order valence-corrected chi connectivity index (χ3v) is 10.7. The number of aromatic nitrogens is 2. The molecule has 1 atom stereocenters. The molecule has 1 aliphatic carbocycles. The van der Waals surface area contributed by atoms with E-state index in [1.54, 1.807) is 7.11 Å². The van der Waals surface area contributed by atoms with Gasteiger partial charge >= 0.3 is 0 Å².